The van der Waals surface area contributed by atoms with E-state index in [1.165, 1.54) is 16.9 Å². The van der Waals surface area contributed by atoms with Gasteiger partial charge in [-0.05, 0) is 12.1 Å². The van der Waals surface area contributed by atoms with Crippen LogP contribution in [-0.2, 0) is 4.74 Å². The molecule has 3 aromatic heterocycles. The number of nitrogens with one attached hydrogen (secondary N) is 1. The van der Waals surface area contributed by atoms with E-state index < -0.39 is 0 Å². The van der Waals surface area contributed by atoms with Crippen LogP contribution in [0.1, 0.15) is 0 Å². The summed E-state index contributed by atoms with van der Waals surface area (Å²) in [6.45, 7) is 3.12. The zero-order chi connectivity index (χ0) is 14.9. The van der Waals surface area contributed by atoms with E-state index in [0.29, 0.717) is 11.5 Å². The standard InChI is InChI=1S/C14H14N6O2/c21-13-7-11(18-14-16-9-17-20(13)14)10-1-2-12(15-8-10)19-3-5-22-6-4-19/h1-2,7-9H,3-6H2,(H,16,17,18). The van der Waals surface area contributed by atoms with Crippen LogP contribution in [0.4, 0.5) is 5.82 Å². The van der Waals surface area contributed by atoms with Gasteiger partial charge >= 0.3 is 0 Å². The zero-order valence-electron chi connectivity index (χ0n) is 11.8. The first kappa shape index (κ1) is 13.0. The average Bonchev–Trinajstić information content (AvgIpc) is 3.05. The molecule has 0 spiro atoms. The van der Waals surface area contributed by atoms with Crippen molar-refractivity contribution in [1.82, 2.24) is 24.6 Å². The summed E-state index contributed by atoms with van der Waals surface area (Å²) in [6.07, 6.45) is 3.17. The number of aromatic amines is 1. The monoisotopic (exact) mass is 298 g/mol. The summed E-state index contributed by atoms with van der Waals surface area (Å²) in [5, 5.41) is 2.72. The second kappa shape index (κ2) is 5.23. The molecule has 0 amide bonds. The number of hydrogen-bond donors (Lipinski definition) is 1. The minimum atomic E-state index is -0.199. The van der Waals surface area contributed by atoms with Crippen LogP contribution in [0, 0.1) is 0 Å². The average molecular weight is 298 g/mol. The van der Waals surface area contributed by atoms with Crippen molar-refractivity contribution in [2.75, 3.05) is 31.2 Å². The van der Waals surface area contributed by atoms with Crippen LogP contribution in [0.5, 0.6) is 0 Å². The minimum Gasteiger partial charge on any atom is -0.378 e. The third-order valence-electron chi connectivity index (χ3n) is 3.65. The Labute approximate surface area is 125 Å². The number of H-pyrrole nitrogens is 1. The third kappa shape index (κ3) is 2.23. The normalized spacial score (nSPS) is 15.4. The Morgan fingerprint density at radius 1 is 1.18 bits per heavy atom. The number of nitrogens with zero attached hydrogens (tertiary/aromatic N) is 5. The van der Waals surface area contributed by atoms with Gasteiger partial charge in [-0.2, -0.15) is 4.52 Å². The van der Waals surface area contributed by atoms with Crippen molar-refractivity contribution in [3.05, 3.63) is 41.1 Å². The number of aromatic nitrogens is 5. The van der Waals surface area contributed by atoms with Crippen LogP contribution in [0.3, 0.4) is 0 Å². The van der Waals surface area contributed by atoms with Crippen LogP contribution < -0.4 is 10.5 Å². The molecule has 0 aromatic carbocycles. The molecule has 0 unspecified atom stereocenters. The van der Waals surface area contributed by atoms with E-state index in [1.807, 2.05) is 12.1 Å². The van der Waals surface area contributed by atoms with Gasteiger partial charge in [-0.25, -0.2) is 15.0 Å². The maximum atomic E-state index is 12.0. The molecular formula is C14H14N6O2. The van der Waals surface area contributed by atoms with Crippen LogP contribution in [-0.4, -0.2) is 50.9 Å². The highest BCUT2D eigenvalue weighted by molar-refractivity contribution is 5.61. The van der Waals surface area contributed by atoms with Gasteiger partial charge in [0.15, 0.2) is 0 Å². The second-order valence-corrected chi connectivity index (χ2v) is 5.01. The Balaban J connectivity index is 1.68. The van der Waals surface area contributed by atoms with Crippen LogP contribution >= 0.6 is 0 Å². The van der Waals surface area contributed by atoms with E-state index in [9.17, 15) is 4.79 Å². The van der Waals surface area contributed by atoms with Crippen LogP contribution in [0.25, 0.3) is 17.0 Å². The fraction of sp³-hybridized carbons (Fsp3) is 0.286. The summed E-state index contributed by atoms with van der Waals surface area (Å²) in [4.78, 5) is 27.0. The Hall–Kier alpha value is -2.74. The molecular weight excluding hydrogens is 284 g/mol. The van der Waals surface area contributed by atoms with Gasteiger partial charge in [-0.15, -0.1) is 0 Å². The molecule has 1 aliphatic heterocycles. The molecule has 1 N–H and O–H groups in total. The van der Waals surface area contributed by atoms with E-state index >= 15 is 0 Å². The van der Waals surface area contributed by atoms with Crippen molar-refractivity contribution < 1.29 is 4.74 Å². The summed E-state index contributed by atoms with van der Waals surface area (Å²) in [5.74, 6) is 1.25. The summed E-state index contributed by atoms with van der Waals surface area (Å²) in [5.41, 5.74) is 1.16. The Morgan fingerprint density at radius 3 is 2.82 bits per heavy atom. The first-order chi connectivity index (χ1) is 10.8. The number of rotatable bonds is 2. The summed E-state index contributed by atoms with van der Waals surface area (Å²) < 4.78 is 6.62. The highest BCUT2D eigenvalue weighted by Crippen LogP contribution is 2.19. The van der Waals surface area contributed by atoms with Crippen molar-refractivity contribution in [2.24, 2.45) is 0 Å². The molecule has 1 saturated heterocycles. The summed E-state index contributed by atoms with van der Waals surface area (Å²) in [6, 6.07) is 5.33. The SMILES string of the molecule is O=c1cc(-c2ccc(N3CCOCC3)nc2)nc2nc[nH]n12. The van der Waals surface area contributed by atoms with Gasteiger partial charge in [0.1, 0.15) is 12.1 Å². The Bertz CT molecular complexity index is 848. The van der Waals surface area contributed by atoms with Crippen LogP contribution in [0.2, 0.25) is 0 Å². The van der Waals surface area contributed by atoms with E-state index in [1.54, 1.807) is 6.20 Å². The molecule has 1 fully saturated rings. The molecule has 0 aliphatic carbocycles. The predicted molar refractivity (Wildman–Crippen MR) is 79.9 cm³/mol. The van der Waals surface area contributed by atoms with Gasteiger partial charge in [0.25, 0.3) is 11.3 Å². The topological polar surface area (TPSA) is 88.4 Å². The van der Waals surface area contributed by atoms with E-state index in [4.69, 9.17) is 4.74 Å². The molecule has 8 nitrogen and oxygen atoms in total. The number of fused-ring (bicyclic) bond motifs is 1. The number of ether oxygens (including phenoxy) is 1. The lowest BCUT2D eigenvalue weighted by molar-refractivity contribution is 0.122. The van der Waals surface area contributed by atoms with Gasteiger partial charge in [-0.3, -0.25) is 9.89 Å². The van der Waals surface area contributed by atoms with E-state index in [-0.39, 0.29) is 5.56 Å². The first-order valence-electron chi connectivity index (χ1n) is 7.03. The number of morpholine rings is 1. The largest absolute Gasteiger partial charge is 0.378 e. The third-order valence-corrected chi connectivity index (χ3v) is 3.65. The smallest absolute Gasteiger partial charge is 0.274 e. The molecule has 4 rings (SSSR count). The minimum absolute atomic E-state index is 0.199. The fourth-order valence-corrected chi connectivity index (χ4v) is 2.49. The Kier molecular flexibility index (Phi) is 3.08. The summed E-state index contributed by atoms with van der Waals surface area (Å²) >= 11 is 0. The molecule has 0 atom stereocenters. The molecule has 4 heterocycles. The molecule has 0 radical (unpaired) electrons. The van der Waals surface area contributed by atoms with Gasteiger partial charge in [0.05, 0.1) is 18.9 Å². The highest BCUT2D eigenvalue weighted by Gasteiger charge is 2.13. The fourth-order valence-electron chi connectivity index (χ4n) is 2.49. The molecule has 0 bridgehead atoms. The Morgan fingerprint density at radius 2 is 2.05 bits per heavy atom. The number of anilines is 1. The van der Waals surface area contributed by atoms with Crippen molar-refractivity contribution >= 4 is 11.6 Å². The zero-order valence-corrected chi connectivity index (χ0v) is 11.8. The van der Waals surface area contributed by atoms with Gasteiger partial charge in [0, 0.05) is 30.9 Å². The lowest BCUT2D eigenvalue weighted by Gasteiger charge is -2.27. The van der Waals surface area contributed by atoms with Crippen molar-refractivity contribution in [1.29, 1.82) is 0 Å². The maximum Gasteiger partial charge on any atom is 0.274 e. The molecule has 1 aliphatic rings. The van der Waals surface area contributed by atoms with E-state index in [0.717, 1.165) is 37.7 Å². The molecule has 3 aromatic rings. The van der Waals surface area contributed by atoms with Gasteiger partial charge in [-0.1, -0.05) is 0 Å². The van der Waals surface area contributed by atoms with Crippen molar-refractivity contribution in [3.63, 3.8) is 0 Å². The molecule has 8 heteroatoms. The number of hydrogen-bond acceptors (Lipinski definition) is 6. The highest BCUT2D eigenvalue weighted by atomic mass is 16.5. The van der Waals surface area contributed by atoms with Crippen molar-refractivity contribution in [2.45, 2.75) is 0 Å². The van der Waals surface area contributed by atoms with Crippen molar-refractivity contribution in [3.8, 4) is 11.3 Å². The van der Waals surface area contributed by atoms with Gasteiger partial charge < -0.3 is 9.64 Å². The van der Waals surface area contributed by atoms with E-state index in [2.05, 4.69) is 25.0 Å². The maximum absolute atomic E-state index is 12.0. The lowest BCUT2D eigenvalue weighted by Crippen LogP contribution is -2.36. The quantitative estimate of drug-likeness (QED) is 0.733. The molecule has 0 saturated carbocycles. The molecule has 22 heavy (non-hydrogen) atoms. The number of pyridine rings is 1. The summed E-state index contributed by atoms with van der Waals surface area (Å²) in [7, 11) is 0. The second-order valence-electron chi connectivity index (χ2n) is 5.01. The molecule has 112 valence electrons. The van der Waals surface area contributed by atoms with Gasteiger partial charge in [0.2, 0.25) is 0 Å². The lowest BCUT2D eigenvalue weighted by atomic mass is 10.2. The van der Waals surface area contributed by atoms with Crippen LogP contribution in [0.15, 0.2) is 35.5 Å². The predicted octanol–water partition coefficient (Wildman–Crippen LogP) is 0.316. The first-order valence-corrected chi connectivity index (χ1v) is 7.03.